The molecule has 0 saturated heterocycles. The lowest BCUT2D eigenvalue weighted by Gasteiger charge is -2.09. The van der Waals surface area contributed by atoms with E-state index in [9.17, 15) is 14.4 Å². The topological polar surface area (TPSA) is 212 Å². The maximum absolute atomic E-state index is 12.2. The number of para-hydroxylation sites is 2. The van der Waals surface area contributed by atoms with Crippen LogP contribution in [0.2, 0.25) is 0 Å². The molecule has 0 unspecified atom stereocenters. The minimum atomic E-state index is -0.725. The fraction of sp³-hybridized carbons (Fsp3) is 0.119. The molecule has 296 valence electrons. The van der Waals surface area contributed by atoms with Crippen molar-refractivity contribution in [2.24, 2.45) is 11.5 Å². The molecular weight excluding hydrogens is 789 g/mol. The molecule has 4 aromatic carbocycles. The number of primary amides is 2. The van der Waals surface area contributed by atoms with Gasteiger partial charge < -0.3 is 25.9 Å². The number of aromatic nitrogens is 8. The van der Waals surface area contributed by atoms with Crippen LogP contribution in [-0.2, 0) is 4.79 Å². The number of thioether (sulfide) groups is 1. The molecule has 8 rings (SSSR count). The first-order valence-corrected chi connectivity index (χ1v) is 19.5. The summed E-state index contributed by atoms with van der Waals surface area (Å²) in [6.45, 7) is 6.41. The average Bonchev–Trinajstić information content (AvgIpc) is 3.77. The number of nitrogens with zero attached hydrogens (tertiary/aromatic N) is 7. The quantitative estimate of drug-likeness (QED) is 0.0869. The van der Waals surface area contributed by atoms with Gasteiger partial charge in [-0.1, -0.05) is 36.4 Å². The van der Waals surface area contributed by atoms with Crippen molar-refractivity contribution in [1.82, 2.24) is 39.0 Å². The van der Waals surface area contributed by atoms with Crippen LogP contribution in [0, 0.1) is 4.77 Å². The molecule has 0 spiro atoms. The number of amides is 2. The molecule has 4 heterocycles. The highest BCUT2D eigenvalue weighted by Gasteiger charge is 2.24. The van der Waals surface area contributed by atoms with E-state index in [1.807, 2.05) is 123 Å². The number of hydrogen-bond acceptors (Lipinski definition) is 12. The number of H-pyrrole nitrogens is 1. The lowest BCUT2D eigenvalue weighted by Crippen LogP contribution is -2.15. The summed E-state index contributed by atoms with van der Waals surface area (Å²) in [6.07, 6.45) is 0. The predicted octanol–water partition coefficient (Wildman–Crippen LogP) is 7.26. The third kappa shape index (κ3) is 8.56. The highest BCUT2D eigenvalue weighted by atomic mass is 32.2. The molecule has 0 atom stereocenters. The van der Waals surface area contributed by atoms with Crippen molar-refractivity contribution in [3.63, 3.8) is 0 Å². The van der Waals surface area contributed by atoms with E-state index < -0.39 is 11.8 Å². The van der Waals surface area contributed by atoms with Gasteiger partial charge in [0.1, 0.15) is 22.5 Å². The summed E-state index contributed by atoms with van der Waals surface area (Å²) in [5.74, 6) is 0.782. The zero-order valence-electron chi connectivity index (χ0n) is 31.9. The van der Waals surface area contributed by atoms with Gasteiger partial charge in [-0.15, -0.1) is 0 Å². The molecule has 0 aliphatic rings. The Morgan fingerprint density at radius 1 is 0.644 bits per heavy atom. The summed E-state index contributed by atoms with van der Waals surface area (Å²) < 4.78 is 14.8. The third-order valence-electron chi connectivity index (χ3n) is 8.59. The highest BCUT2D eigenvalue weighted by Crippen LogP contribution is 2.31. The minimum absolute atomic E-state index is 0.00559. The SMILES string of the molecule is CCOc1ccc(-c2nc(C(N)=O)c3[nH]c(=S)n(-c4ccccc4)c3n2)cc1.CCOc1ccc(-c2nc(C(N)=O)c3nc(SC(C)=O)n(-c4ccccc4)c3n2)cc1. The number of fused-ring (bicyclic) bond motifs is 2. The first-order chi connectivity index (χ1) is 28.6. The van der Waals surface area contributed by atoms with E-state index in [2.05, 4.69) is 29.9 Å². The van der Waals surface area contributed by atoms with E-state index in [0.29, 0.717) is 57.2 Å². The second-order valence-electron chi connectivity index (χ2n) is 12.6. The van der Waals surface area contributed by atoms with Gasteiger partial charge in [0, 0.05) is 29.4 Å². The van der Waals surface area contributed by atoms with Crippen LogP contribution >= 0.6 is 24.0 Å². The van der Waals surface area contributed by atoms with Crippen LogP contribution in [0.1, 0.15) is 41.7 Å². The normalized spacial score (nSPS) is 10.9. The number of nitrogens with one attached hydrogen (secondary N) is 1. The molecule has 0 saturated carbocycles. The van der Waals surface area contributed by atoms with Gasteiger partial charge in [-0.25, -0.2) is 24.9 Å². The summed E-state index contributed by atoms with van der Waals surface area (Å²) in [6, 6.07) is 33.5. The number of rotatable bonds is 11. The maximum Gasteiger partial charge on any atom is 0.269 e. The summed E-state index contributed by atoms with van der Waals surface area (Å²) in [5, 5.41) is 0.238. The number of hydrogen-bond donors (Lipinski definition) is 3. The van der Waals surface area contributed by atoms with Gasteiger partial charge in [-0.05, 0) is 111 Å². The van der Waals surface area contributed by atoms with Crippen LogP contribution in [0.25, 0.3) is 56.5 Å². The first kappa shape index (κ1) is 40.0. The number of benzene rings is 4. The van der Waals surface area contributed by atoms with Crippen LogP contribution in [0.3, 0.4) is 0 Å². The van der Waals surface area contributed by atoms with E-state index in [0.717, 1.165) is 40.2 Å². The fourth-order valence-corrected chi connectivity index (χ4v) is 7.06. The highest BCUT2D eigenvalue weighted by molar-refractivity contribution is 8.13. The Kier molecular flexibility index (Phi) is 11.9. The van der Waals surface area contributed by atoms with Crippen molar-refractivity contribution >= 4 is 63.2 Å². The van der Waals surface area contributed by atoms with E-state index in [-0.39, 0.29) is 22.0 Å². The Balaban J connectivity index is 0.000000180. The standard InChI is InChI=1S/C22H19N5O3S.C20H17N5O2S/c1-3-30-16-11-9-14(10-12-16)20-24-17(19(23)29)18-21(26-20)27(15-7-5-4-6-8-15)22(25-18)31-13(2)28;1-2-27-14-10-8-12(9-11-14)18-22-15(17(21)26)16-19(24-18)25(20(28)23-16)13-6-4-3-5-7-13/h4-12H,3H2,1-2H3,(H2,23,29);3-11H,2H2,1H3,(H2,21,26)(H,23,28). The Bertz CT molecular complexity index is 2880. The van der Waals surface area contributed by atoms with Crippen molar-refractivity contribution in [3.8, 4) is 45.6 Å². The zero-order valence-corrected chi connectivity index (χ0v) is 33.6. The molecule has 5 N–H and O–H groups in total. The fourth-order valence-electron chi connectivity index (χ4n) is 6.09. The number of ether oxygens (including phenoxy) is 2. The monoisotopic (exact) mass is 824 g/mol. The number of imidazole rings is 2. The molecule has 17 heteroatoms. The maximum atomic E-state index is 12.2. The number of nitrogens with two attached hydrogens (primary N) is 2. The molecular formula is C42H36N10O5S2. The third-order valence-corrected chi connectivity index (χ3v) is 9.62. The smallest absolute Gasteiger partial charge is 0.269 e. The second kappa shape index (κ2) is 17.5. The van der Waals surface area contributed by atoms with E-state index >= 15 is 0 Å². The number of carbonyl (C=O) groups excluding carboxylic acids is 3. The van der Waals surface area contributed by atoms with Crippen LogP contribution in [0.5, 0.6) is 11.5 Å². The largest absolute Gasteiger partial charge is 0.494 e. The minimum Gasteiger partial charge on any atom is -0.494 e. The van der Waals surface area contributed by atoms with Crippen LogP contribution in [-0.4, -0.2) is 69.2 Å². The van der Waals surface area contributed by atoms with E-state index in [1.165, 1.54) is 6.92 Å². The van der Waals surface area contributed by atoms with Gasteiger partial charge in [0.15, 0.2) is 49.4 Å². The van der Waals surface area contributed by atoms with Gasteiger partial charge in [-0.3, -0.25) is 23.5 Å². The van der Waals surface area contributed by atoms with E-state index in [4.69, 9.17) is 33.2 Å². The number of aromatic amines is 1. The van der Waals surface area contributed by atoms with Gasteiger partial charge in [0.2, 0.25) is 0 Å². The Labute approximate surface area is 346 Å². The molecule has 0 bridgehead atoms. The lowest BCUT2D eigenvalue weighted by atomic mass is 10.2. The summed E-state index contributed by atoms with van der Waals surface area (Å²) in [7, 11) is 0. The van der Waals surface area contributed by atoms with Crippen molar-refractivity contribution in [2.45, 2.75) is 25.9 Å². The number of carbonyl (C=O) groups is 3. The van der Waals surface area contributed by atoms with Crippen LogP contribution in [0.4, 0.5) is 0 Å². The molecule has 59 heavy (non-hydrogen) atoms. The molecule has 4 aromatic heterocycles. The summed E-state index contributed by atoms with van der Waals surface area (Å²) in [4.78, 5) is 61.7. The van der Waals surface area contributed by atoms with Gasteiger partial charge in [0.25, 0.3) is 11.8 Å². The van der Waals surface area contributed by atoms with Gasteiger partial charge in [0.05, 0.1) is 13.2 Å². The lowest BCUT2D eigenvalue weighted by molar-refractivity contribution is -0.109. The first-order valence-electron chi connectivity index (χ1n) is 18.2. The average molecular weight is 825 g/mol. The predicted molar refractivity (Wildman–Crippen MR) is 227 cm³/mol. The van der Waals surface area contributed by atoms with Gasteiger partial charge in [-0.2, -0.15) is 0 Å². The molecule has 15 nitrogen and oxygen atoms in total. The summed E-state index contributed by atoms with van der Waals surface area (Å²) >= 11 is 6.41. The second-order valence-corrected chi connectivity index (χ2v) is 14.1. The Morgan fingerprint density at radius 2 is 1.12 bits per heavy atom. The zero-order chi connectivity index (χ0) is 41.6. The summed E-state index contributed by atoms with van der Waals surface area (Å²) in [5.41, 5.74) is 15.8. The van der Waals surface area contributed by atoms with Crippen molar-refractivity contribution in [3.05, 3.63) is 125 Å². The molecule has 2 amide bonds. The van der Waals surface area contributed by atoms with Gasteiger partial charge >= 0.3 is 0 Å². The Morgan fingerprint density at radius 3 is 1.59 bits per heavy atom. The Hall–Kier alpha value is -7.24. The molecule has 0 radical (unpaired) electrons. The van der Waals surface area contributed by atoms with Crippen LogP contribution < -0.4 is 20.9 Å². The van der Waals surface area contributed by atoms with E-state index in [1.54, 1.807) is 9.13 Å². The van der Waals surface area contributed by atoms with Crippen molar-refractivity contribution in [1.29, 1.82) is 0 Å². The van der Waals surface area contributed by atoms with Crippen LogP contribution in [0.15, 0.2) is 114 Å². The van der Waals surface area contributed by atoms with Crippen molar-refractivity contribution in [2.75, 3.05) is 13.2 Å². The molecule has 0 aliphatic heterocycles. The molecule has 0 aliphatic carbocycles. The molecule has 0 fully saturated rings. The van der Waals surface area contributed by atoms with Crippen molar-refractivity contribution < 1.29 is 23.9 Å². The molecule has 8 aromatic rings.